The third-order valence-electron chi connectivity index (χ3n) is 5.44. The largest absolute Gasteiger partial charge is 0.493 e. The monoisotopic (exact) mass is 336 g/mol. The van der Waals surface area contributed by atoms with Crippen LogP contribution in [0.25, 0.3) is 0 Å². The lowest BCUT2D eigenvalue weighted by atomic mass is 10.1. The second kappa shape index (κ2) is 7.59. The number of ether oxygens (including phenoxy) is 1. The SMILES string of the molecule is NC(CN[C@@H]1C[C@H]1c1ccc(OCCc2ccccc2)cc1)C1CC1. The molecule has 1 unspecified atom stereocenters. The summed E-state index contributed by atoms with van der Waals surface area (Å²) in [5.41, 5.74) is 8.89. The maximum absolute atomic E-state index is 6.17. The van der Waals surface area contributed by atoms with E-state index in [1.54, 1.807) is 0 Å². The minimum absolute atomic E-state index is 0.349. The fourth-order valence-corrected chi connectivity index (χ4v) is 3.51. The normalized spacial score (nSPS) is 23.2. The lowest BCUT2D eigenvalue weighted by Crippen LogP contribution is -2.36. The average Bonchev–Trinajstić information content (AvgIpc) is 3.56. The summed E-state index contributed by atoms with van der Waals surface area (Å²) in [5.74, 6) is 2.38. The molecule has 0 spiro atoms. The van der Waals surface area contributed by atoms with Gasteiger partial charge in [0.15, 0.2) is 0 Å². The highest BCUT2D eigenvalue weighted by molar-refractivity contribution is 5.34. The number of nitrogens with one attached hydrogen (secondary N) is 1. The Morgan fingerprint density at radius 1 is 1.04 bits per heavy atom. The molecule has 25 heavy (non-hydrogen) atoms. The number of nitrogens with two attached hydrogens (primary N) is 1. The Balaban J connectivity index is 1.20. The van der Waals surface area contributed by atoms with Crippen molar-refractivity contribution in [3.05, 3.63) is 65.7 Å². The van der Waals surface area contributed by atoms with Gasteiger partial charge in [0.05, 0.1) is 6.61 Å². The molecular weight excluding hydrogens is 308 g/mol. The molecule has 3 N–H and O–H groups in total. The molecule has 3 nitrogen and oxygen atoms in total. The third kappa shape index (κ3) is 4.62. The topological polar surface area (TPSA) is 47.3 Å². The van der Waals surface area contributed by atoms with E-state index in [0.29, 0.717) is 18.0 Å². The van der Waals surface area contributed by atoms with Gasteiger partial charge in [-0.3, -0.25) is 0 Å². The molecule has 0 amide bonds. The zero-order chi connectivity index (χ0) is 17.1. The van der Waals surface area contributed by atoms with Gasteiger partial charge < -0.3 is 15.8 Å². The quantitative estimate of drug-likeness (QED) is 0.737. The van der Waals surface area contributed by atoms with Crippen LogP contribution in [0.4, 0.5) is 0 Å². The lowest BCUT2D eigenvalue weighted by Gasteiger charge is -2.11. The van der Waals surface area contributed by atoms with Crippen molar-refractivity contribution >= 4 is 0 Å². The van der Waals surface area contributed by atoms with Crippen LogP contribution in [0.2, 0.25) is 0 Å². The van der Waals surface area contributed by atoms with E-state index in [2.05, 4.69) is 53.8 Å². The molecular formula is C22H28N2O. The van der Waals surface area contributed by atoms with Crippen molar-refractivity contribution in [3.63, 3.8) is 0 Å². The molecule has 2 aliphatic carbocycles. The summed E-state index contributed by atoms with van der Waals surface area (Å²) in [5, 5.41) is 3.64. The summed E-state index contributed by atoms with van der Waals surface area (Å²) in [6.45, 7) is 1.68. The summed E-state index contributed by atoms with van der Waals surface area (Å²) in [6.07, 6.45) is 4.81. The summed E-state index contributed by atoms with van der Waals surface area (Å²) in [6, 6.07) is 20.1. The van der Waals surface area contributed by atoms with E-state index in [4.69, 9.17) is 10.5 Å². The molecule has 3 heteroatoms. The van der Waals surface area contributed by atoms with Crippen molar-refractivity contribution in [2.75, 3.05) is 13.2 Å². The molecule has 4 rings (SSSR count). The van der Waals surface area contributed by atoms with Crippen molar-refractivity contribution in [1.82, 2.24) is 5.32 Å². The van der Waals surface area contributed by atoms with Crippen molar-refractivity contribution < 1.29 is 4.74 Å². The van der Waals surface area contributed by atoms with E-state index in [9.17, 15) is 0 Å². The van der Waals surface area contributed by atoms with Gasteiger partial charge in [-0.25, -0.2) is 0 Å². The number of benzene rings is 2. The Kier molecular flexibility index (Phi) is 5.04. The zero-order valence-corrected chi connectivity index (χ0v) is 14.7. The minimum Gasteiger partial charge on any atom is -0.493 e. The minimum atomic E-state index is 0.349. The van der Waals surface area contributed by atoms with Crippen LogP contribution in [0.3, 0.4) is 0 Å². The van der Waals surface area contributed by atoms with Crippen molar-refractivity contribution in [2.45, 2.75) is 43.7 Å². The molecule has 2 aliphatic rings. The fraction of sp³-hybridized carbons (Fsp3) is 0.455. The Morgan fingerprint density at radius 3 is 2.52 bits per heavy atom. The Hall–Kier alpha value is -1.84. The van der Waals surface area contributed by atoms with Gasteiger partial charge >= 0.3 is 0 Å². The summed E-state index contributed by atoms with van der Waals surface area (Å²) in [7, 11) is 0. The van der Waals surface area contributed by atoms with E-state index in [0.717, 1.165) is 31.2 Å². The van der Waals surface area contributed by atoms with Crippen LogP contribution in [0.15, 0.2) is 54.6 Å². The van der Waals surface area contributed by atoms with Crippen LogP contribution in [-0.2, 0) is 6.42 Å². The van der Waals surface area contributed by atoms with Crippen LogP contribution in [0.1, 0.15) is 36.3 Å². The fourth-order valence-electron chi connectivity index (χ4n) is 3.51. The molecule has 0 aromatic heterocycles. The van der Waals surface area contributed by atoms with Gasteiger partial charge in [-0.15, -0.1) is 0 Å². The molecule has 0 radical (unpaired) electrons. The Labute approximate surface area is 150 Å². The highest BCUT2D eigenvalue weighted by Crippen LogP contribution is 2.41. The zero-order valence-electron chi connectivity index (χ0n) is 14.7. The first kappa shape index (κ1) is 16.6. The van der Waals surface area contributed by atoms with Gasteiger partial charge in [-0.2, -0.15) is 0 Å². The van der Waals surface area contributed by atoms with Crippen LogP contribution < -0.4 is 15.8 Å². The van der Waals surface area contributed by atoms with E-state index >= 15 is 0 Å². The maximum Gasteiger partial charge on any atom is 0.119 e. The summed E-state index contributed by atoms with van der Waals surface area (Å²) < 4.78 is 5.87. The van der Waals surface area contributed by atoms with Gasteiger partial charge in [0.25, 0.3) is 0 Å². The molecule has 2 fully saturated rings. The third-order valence-corrected chi connectivity index (χ3v) is 5.44. The molecule has 2 aromatic carbocycles. The molecule has 0 saturated heterocycles. The van der Waals surface area contributed by atoms with E-state index in [1.807, 2.05) is 6.07 Å². The molecule has 2 aromatic rings. The van der Waals surface area contributed by atoms with Gasteiger partial charge in [-0.05, 0) is 48.4 Å². The van der Waals surface area contributed by atoms with Crippen LogP contribution in [0.5, 0.6) is 5.75 Å². The van der Waals surface area contributed by atoms with E-state index in [-0.39, 0.29) is 0 Å². The average molecular weight is 336 g/mol. The van der Waals surface area contributed by atoms with Crippen LogP contribution >= 0.6 is 0 Å². The first-order valence-corrected chi connectivity index (χ1v) is 9.55. The first-order valence-electron chi connectivity index (χ1n) is 9.55. The second-order valence-electron chi connectivity index (χ2n) is 7.51. The van der Waals surface area contributed by atoms with Gasteiger partial charge in [-0.1, -0.05) is 42.5 Å². The second-order valence-corrected chi connectivity index (χ2v) is 7.51. The predicted molar refractivity (Wildman–Crippen MR) is 102 cm³/mol. The van der Waals surface area contributed by atoms with Crippen LogP contribution in [0, 0.1) is 5.92 Å². The predicted octanol–water partition coefficient (Wildman–Crippen LogP) is 3.49. The molecule has 3 atom stereocenters. The van der Waals surface area contributed by atoms with E-state index < -0.39 is 0 Å². The van der Waals surface area contributed by atoms with Gasteiger partial charge in [0.2, 0.25) is 0 Å². The Bertz CT molecular complexity index is 666. The molecule has 132 valence electrons. The maximum atomic E-state index is 6.17. The molecule has 0 bridgehead atoms. The van der Waals surface area contributed by atoms with Crippen LogP contribution in [-0.4, -0.2) is 25.2 Å². The standard InChI is InChI=1S/C22H28N2O/c23-21(18-6-7-18)15-24-22-14-20(22)17-8-10-19(11-9-17)25-13-12-16-4-2-1-3-5-16/h1-5,8-11,18,20-22,24H,6-7,12-15,23H2/t20-,21?,22+/m0/s1. The highest BCUT2D eigenvalue weighted by Gasteiger charge is 2.39. The first-order chi connectivity index (χ1) is 12.3. The lowest BCUT2D eigenvalue weighted by molar-refractivity contribution is 0.322. The van der Waals surface area contributed by atoms with Crippen molar-refractivity contribution in [2.24, 2.45) is 11.7 Å². The Morgan fingerprint density at radius 2 is 1.80 bits per heavy atom. The number of hydrogen-bond donors (Lipinski definition) is 2. The van der Waals surface area contributed by atoms with Gasteiger partial charge in [0, 0.05) is 31.0 Å². The number of hydrogen-bond acceptors (Lipinski definition) is 3. The van der Waals surface area contributed by atoms with Crippen molar-refractivity contribution in [1.29, 1.82) is 0 Å². The molecule has 0 aliphatic heterocycles. The van der Waals surface area contributed by atoms with Gasteiger partial charge in [0.1, 0.15) is 5.75 Å². The molecule has 2 saturated carbocycles. The molecule has 0 heterocycles. The smallest absolute Gasteiger partial charge is 0.119 e. The van der Waals surface area contributed by atoms with E-state index in [1.165, 1.54) is 30.4 Å². The highest BCUT2D eigenvalue weighted by atomic mass is 16.5. The van der Waals surface area contributed by atoms with Crippen molar-refractivity contribution in [3.8, 4) is 5.75 Å². The number of rotatable bonds is 9. The summed E-state index contributed by atoms with van der Waals surface area (Å²) in [4.78, 5) is 0. The summed E-state index contributed by atoms with van der Waals surface area (Å²) >= 11 is 0.